The van der Waals surface area contributed by atoms with Crippen molar-refractivity contribution in [1.82, 2.24) is 9.13 Å². The molecule has 0 bridgehead atoms. The minimum Gasteiger partial charge on any atom is -0.309 e. The van der Waals surface area contributed by atoms with Gasteiger partial charge in [0.2, 0.25) is 0 Å². The third-order valence-electron chi connectivity index (χ3n) is 10.1. The summed E-state index contributed by atoms with van der Waals surface area (Å²) in [6.45, 7) is 2.40. The van der Waals surface area contributed by atoms with E-state index in [1.165, 1.54) is 88.0 Å². The predicted molar refractivity (Wildman–Crippen MR) is 190 cm³/mol. The van der Waals surface area contributed by atoms with Gasteiger partial charge in [-0.1, -0.05) is 110 Å². The topological polar surface area (TPSA) is 9.86 Å². The Balaban J connectivity index is 1.29. The Morgan fingerprint density at radius 3 is 1.62 bits per heavy atom. The van der Waals surface area contributed by atoms with Gasteiger partial charge in [0.15, 0.2) is 0 Å². The zero-order valence-electron chi connectivity index (χ0n) is 25.0. The zero-order chi connectivity index (χ0) is 29.6. The summed E-state index contributed by atoms with van der Waals surface area (Å²) < 4.78 is 4.90. The van der Waals surface area contributed by atoms with E-state index in [0.29, 0.717) is 5.92 Å². The van der Waals surface area contributed by atoms with Crippen LogP contribution in [0, 0.1) is 0 Å². The number of rotatable bonds is 2. The number of benzene rings is 7. The summed E-state index contributed by atoms with van der Waals surface area (Å²) in [5.41, 5.74) is 13.1. The Hall–Kier alpha value is -5.60. The molecule has 10 rings (SSSR count). The van der Waals surface area contributed by atoms with Crippen molar-refractivity contribution in [3.8, 4) is 22.5 Å². The third-order valence-corrected chi connectivity index (χ3v) is 10.1. The molecule has 0 aliphatic heterocycles. The van der Waals surface area contributed by atoms with Gasteiger partial charge in [-0.05, 0) is 82.4 Å². The van der Waals surface area contributed by atoms with E-state index in [-0.39, 0.29) is 0 Å². The minimum absolute atomic E-state index is 0.441. The molecule has 0 spiro atoms. The highest BCUT2D eigenvalue weighted by molar-refractivity contribution is 6.26. The second-order valence-electron chi connectivity index (χ2n) is 12.6. The Labute approximate surface area is 261 Å². The summed E-state index contributed by atoms with van der Waals surface area (Å²) in [7, 11) is 0. The first-order valence-corrected chi connectivity index (χ1v) is 15.9. The fraction of sp³-hybridized carbons (Fsp3) is 0.0698. The van der Waals surface area contributed by atoms with Crippen LogP contribution >= 0.6 is 0 Å². The molecule has 2 heterocycles. The van der Waals surface area contributed by atoms with E-state index in [9.17, 15) is 0 Å². The van der Waals surface area contributed by atoms with Crippen LogP contribution in [0.25, 0.3) is 76.9 Å². The summed E-state index contributed by atoms with van der Waals surface area (Å²) in [6.07, 6.45) is 1.07. The molecule has 45 heavy (non-hydrogen) atoms. The van der Waals surface area contributed by atoms with E-state index < -0.39 is 0 Å². The van der Waals surface area contributed by atoms with Crippen LogP contribution in [0.1, 0.15) is 24.0 Å². The lowest BCUT2D eigenvalue weighted by molar-refractivity contribution is 0.757. The summed E-state index contributed by atoms with van der Waals surface area (Å²) >= 11 is 0. The highest BCUT2D eigenvalue weighted by atomic mass is 15.0. The van der Waals surface area contributed by atoms with Crippen LogP contribution in [0.3, 0.4) is 0 Å². The van der Waals surface area contributed by atoms with Gasteiger partial charge >= 0.3 is 0 Å². The Morgan fingerprint density at radius 1 is 0.467 bits per heavy atom. The van der Waals surface area contributed by atoms with Crippen molar-refractivity contribution in [2.24, 2.45) is 0 Å². The molecule has 1 atom stereocenters. The fourth-order valence-electron chi connectivity index (χ4n) is 8.33. The van der Waals surface area contributed by atoms with E-state index in [2.05, 4.69) is 162 Å². The SMILES string of the molecule is CC1Cc2ccccc2-c2c1c1ccccc1c1c2c2ccccc2n1-c1ccc(-n2c3ccccc3c3ccccc32)cc1. The average Bonchev–Trinajstić information content (AvgIpc) is 3.62. The first-order valence-electron chi connectivity index (χ1n) is 15.9. The quantitative estimate of drug-likeness (QED) is 0.194. The molecule has 0 fully saturated rings. The lowest BCUT2D eigenvalue weighted by atomic mass is 9.75. The van der Waals surface area contributed by atoms with Gasteiger partial charge in [-0.15, -0.1) is 0 Å². The van der Waals surface area contributed by atoms with Crippen molar-refractivity contribution >= 4 is 54.4 Å². The molecule has 2 nitrogen and oxygen atoms in total. The van der Waals surface area contributed by atoms with Crippen molar-refractivity contribution in [3.05, 3.63) is 157 Å². The normalized spacial score (nSPS) is 14.5. The van der Waals surface area contributed by atoms with Crippen molar-refractivity contribution in [3.63, 3.8) is 0 Å². The van der Waals surface area contributed by atoms with Crippen molar-refractivity contribution in [2.75, 3.05) is 0 Å². The van der Waals surface area contributed by atoms with Gasteiger partial charge in [-0.25, -0.2) is 0 Å². The highest BCUT2D eigenvalue weighted by Crippen LogP contribution is 2.51. The van der Waals surface area contributed by atoms with E-state index in [1.54, 1.807) is 0 Å². The van der Waals surface area contributed by atoms with Gasteiger partial charge in [0, 0.05) is 38.3 Å². The maximum absolute atomic E-state index is 2.50. The molecule has 2 heteroatoms. The maximum atomic E-state index is 2.50. The molecule has 7 aromatic carbocycles. The van der Waals surface area contributed by atoms with E-state index in [1.807, 2.05) is 0 Å². The Kier molecular flexibility index (Phi) is 5.07. The number of nitrogens with zero attached hydrogens (tertiary/aromatic N) is 2. The van der Waals surface area contributed by atoms with Crippen molar-refractivity contribution < 1.29 is 0 Å². The lowest BCUT2D eigenvalue weighted by Crippen LogP contribution is -2.10. The molecule has 2 aromatic heterocycles. The second kappa shape index (κ2) is 9.20. The summed E-state index contributed by atoms with van der Waals surface area (Å²) in [5, 5.41) is 7.93. The van der Waals surface area contributed by atoms with Gasteiger partial charge in [0.25, 0.3) is 0 Å². The van der Waals surface area contributed by atoms with Crippen LogP contribution < -0.4 is 0 Å². The van der Waals surface area contributed by atoms with E-state index in [0.717, 1.165) is 6.42 Å². The molecular formula is C43H30N2. The highest BCUT2D eigenvalue weighted by Gasteiger charge is 2.29. The largest absolute Gasteiger partial charge is 0.309 e. The molecule has 0 radical (unpaired) electrons. The first-order chi connectivity index (χ1) is 22.3. The number of aromatic nitrogens is 2. The first kappa shape index (κ1) is 24.8. The van der Waals surface area contributed by atoms with Crippen molar-refractivity contribution in [2.45, 2.75) is 19.3 Å². The average molecular weight is 575 g/mol. The Morgan fingerprint density at radius 2 is 0.956 bits per heavy atom. The van der Waals surface area contributed by atoms with E-state index in [4.69, 9.17) is 0 Å². The van der Waals surface area contributed by atoms with Gasteiger partial charge in [0.05, 0.1) is 22.1 Å². The number of para-hydroxylation sites is 3. The molecule has 0 saturated heterocycles. The van der Waals surface area contributed by atoms with Gasteiger partial charge in [-0.3, -0.25) is 0 Å². The molecule has 1 aliphatic rings. The standard InChI is InChI=1S/C43H30N2/c1-27-26-28-12-2-3-13-31(28)41-40(27)34-16-4-5-17-35(34)43-42(41)36-18-8-11-21-39(36)45(43)30-24-22-29(23-25-30)44-37-19-9-6-14-32(37)33-15-7-10-20-38(33)44/h2-25,27H,26H2,1H3. The second-order valence-corrected chi connectivity index (χ2v) is 12.6. The van der Waals surface area contributed by atoms with Crippen LogP contribution in [0.5, 0.6) is 0 Å². The van der Waals surface area contributed by atoms with Crippen LogP contribution in [0.4, 0.5) is 0 Å². The van der Waals surface area contributed by atoms with Crippen LogP contribution in [-0.2, 0) is 6.42 Å². The molecule has 1 aliphatic carbocycles. The third kappa shape index (κ3) is 3.34. The number of hydrogen-bond donors (Lipinski definition) is 0. The number of hydrogen-bond acceptors (Lipinski definition) is 0. The van der Waals surface area contributed by atoms with Crippen molar-refractivity contribution in [1.29, 1.82) is 0 Å². The minimum atomic E-state index is 0.441. The molecular weight excluding hydrogens is 544 g/mol. The summed E-state index contributed by atoms with van der Waals surface area (Å²) in [6, 6.07) is 53.7. The molecule has 0 N–H and O–H groups in total. The van der Waals surface area contributed by atoms with Gasteiger partial charge < -0.3 is 9.13 Å². The zero-order valence-corrected chi connectivity index (χ0v) is 25.0. The van der Waals surface area contributed by atoms with Crippen LogP contribution in [0.2, 0.25) is 0 Å². The molecule has 0 amide bonds. The summed E-state index contributed by atoms with van der Waals surface area (Å²) in [5.74, 6) is 0.441. The monoisotopic (exact) mass is 574 g/mol. The fourth-order valence-corrected chi connectivity index (χ4v) is 8.33. The Bertz CT molecular complexity index is 2580. The molecule has 1 unspecified atom stereocenters. The molecule has 212 valence electrons. The van der Waals surface area contributed by atoms with Crippen LogP contribution in [-0.4, -0.2) is 9.13 Å². The van der Waals surface area contributed by atoms with Gasteiger partial charge in [-0.2, -0.15) is 0 Å². The maximum Gasteiger partial charge on any atom is 0.0625 e. The number of fused-ring (bicyclic) bond motifs is 13. The van der Waals surface area contributed by atoms with Crippen LogP contribution in [0.15, 0.2) is 146 Å². The lowest BCUT2D eigenvalue weighted by Gasteiger charge is -2.28. The smallest absolute Gasteiger partial charge is 0.0625 e. The summed E-state index contributed by atoms with van der Waals surface area (Å²) in [4.78, 5) is 0. The van der Waals surface area contributed by atoms with E-state index >= 15 is 0 Å². The molecule has 9 aromatic rings. The molecule has 0 saturated carbocycles. The van der Waals surface area contributed by atoms with Gasteiger partial charge in [0.1, 0.15) is 0 Å². The predicted octanol–water partition coefficient (Wildman–Crippen LogP) is 11.4.